The van der Waals surface area contributed by atoms with Gasteiger partial charge in [0.2, 0.25) is 0 Å². The maximum atomic E-state index is 13.1. The van der Waals surface area contributed by atoms with Gasteiger partial charge in [-0.05, 0) is 42.7 Å². The molecule has 0 aliphatic carbocycles. The Morgan fingerprint density at radius 3 is 2.21 bits per heavy atom. The summed E-state index contributed by atoms with van der Waals surface area (Å²) in [5.74, 6) is 1.01. The maximum absolute atomic E-state index is 13.1. The second-order valence-electron chi connectivity index (χ2n) is 7.72. The van der Waals surface area contributed by atoms with Gasteiger partial charge in [-0.2, -0.15) is 0 Å². The zero-order valence-corrected chi connectivity index (χ0v) is 16.6. The maximum Gasteiger partial charge on any atom is 0.167 e. The molecule has 3 heterocycles. The molecule has 29 heavy (non-hydrogen) atoms. The van der Waals surface area contributed by atoms with Gasteiger partial charge >= 0.3 is 0 Å². The van der Waals surface area contributed by atoms with Crippen LogP contribution in [0.5, 0.6) is 5.75 Å². The van der Waals surface area contributed by atoms with Crippen LogP contribution in [-0.4, -0.2) is 26.0 Å². The summed E-state index contributed by atoms with van der Waals surface area (Å²) in [4.78, 5) is 17.6. The van der Waals surface area contributed by atoms with Crippen molar-refractivity contribution < 1.29 is 9.53 Å². The van der Waals surface area contributed by atoms with Crippen LogP contribution >= 0.6 is 0 Å². The Kier molecular flexibility index (Phi) is 4.51. The van der Waals surface area contributed by atoms with Gasteiger partial charge in [-0.1, -0.05) is 24.3 Å². The first-order valence-electron chi connectivity index (χ1n) is 10.2. The Labute approximate surface area is 171 Å². The van der Waals surface area contributed by atoms with E-state index in [2.05, 4.69) is 51.8 Å². The SMILES string of the molecule is COc1ccc([C@H]2CC(=O)c3cc(N4C=CCC4)c(N4C=CCC4)cc3N2)cc1. The molecule has 0 saturated heterocycles. The van der Waals surface area contributed by atoms with Gasteiger partial charge in [-0.25, -0.2) is 0 Å². The lowest BCUT2D eigenvalue weighted by atomic mass is 9.91. The molecule has 0 aromatic heterocycles. The second-order valence-corrected chi connectivity index (χ2v) is 7.72. The highest BCUT2D eigenvalue weighted by atomic mass is 16.5. The number of hydrogen-bond donors (Lipinski definition) is 1. The first kappa shape index (κ1) is 17.9. The minimum atomic E-state index is -0.0274. The Morgan fingerprint density at radius 2 is 1.62 bits per heavy atom. The van der Waals surface area contributed by atoms with Crippen molar-refractivity contribution in [1.82, 2.24) is 0 Å². The van der Waals surface area contributed by atoms with Gasteiger partial charge in [-0.3, -0.25) is 4.79 Å². The lowest BCUT2D eigenvalue weighted by molar-refractivity contribution is 0.0972. The number of rotatable bonds is 4. The molecular weight excluding hydrogens is 362 g/mol. The normalized spacial score (nSPS) is 20.2. The number of fused-ring (bicyclic) bond motifs is 1. The molecule has 0 radical (unpaired) electrons. The molecule has 0 bridgehead atoms. The molecule has 2 aromatic rings. The monoisotopic (exact) mass is 387 g/mol. The smallest absolute Gasteiger partial charge is 0.167 e. The molecule has 0 saturated carbocycles. The van der Waals surface area contributed by atoms with E-state index in [0.717, 1.165) is 59.9 Å². The van der Waals surface area contributed by atoms with Crippen LogP contribution in [0.2, 0.25) is 0 Å². The summed E-state index contributed by atoms with van der Waals surface area (Å²) < 4.78 is 5.26. The van der Waals surface area contributed by atoms with Crippen LogP contribution in [0.3, 0.4) is 0 Å². The number of ether oxygens (including phenoxy) is 1. The summed E-state index contributed by atoms with van der Waals surface area (Å²) in [5.41, 5.74) is 5.07. The van der Waals surface area contributed by atoms with Crippen LogP contribution in [0.15, 0.2) is 61.0 Å². The number of methoxy groups -OCH3 is 1. The van der Waals surface area contributed by atoms with Crippen LogP contribution < -0.4 is 19.9 Å². The lowest BCUT2D eigenvalue weighted by Crippen LogP contribution is -2.25. The van der Waals surface area contributed by atoms with E-state index in [1.807, 2.05) is 24.3 Å². The molecule has 5 rings (SSSR count). The molecule has 3 aliphatic heterocycles. The molecule has 5 nitrogen and oxygen atoms in total. The minimum absolute atomic E-state index is 0.0274. The van der Waals surface area contributed by atoms with Crippen molar-refractivity contribution in [2.45, 2.75) is 25.3 Å². The molecule has 1 N–H and O–H groups in total. The third kappa shape index (κ3) is 3.27. The van der Waals surface area contributed by atoms with Gasteiger partial charge in [0.15, 0.2) is 5.78 Å². The number of carbonyl (C=O) groups is 1. The molecule has 2 aromatic carbocycles. The molecule has 1 atom stereocenters. The molecular formula is C24H25N3O2. The molecule has 0 spiro atoms. The van der Waals surface area contributed by atoms with Crippen molar-refractivity contribution in [3.63, 3.8) is 0 Å². The van der Waals surface area contributed by atoms with E-state index in [1.165, 1.54) is 0 Å². The predicted molar refractivity (Wildman–Crippen MR) is 117 cm³/mol. The molecule has 0 fully saturated rings. The van der Waals surface area contributed by atoms with Crippen LogP contribution in [-0.2, 0) is 0 Å². The lowest BCUT2D eigenvalue weighted by Gasteiger charge is -2.31. The van der Waals surface area contributed by atoms with E-state index in [9.17, 15) is 4.79 Å². The highest BCUT2D eigenvalue weighted by Crippen LogP contribution is 2.42. The molecule has 0 amide bonds. The summed E-state index contributed by atoms with van der Waals surface area (Å²) >= 11 is 0. The van der Waals surface area contributed by atoms with Crippen molar-refractivity contribution in [3.8, 4) is 5.75 Å². The standard InChI is InChI=1S/C24H25N3O2/c1-29-18-8-6-17(7-9-18)20-16-24(28)19-14-22(26-10-2-3-11-26)23(15-21(19)25-20)27-12-4-5-13-27/h2,4,6-10,12,14-15,20,25H,3,5,11,13,16H2,1H3/t20-/m1/s1. The van der Waals surface area contributed by atoms with Gasteiger partial charge in [0.25, 0.3) is 0 Å². The highest BCUT2D eigenvalue weighted by molar-refractivity contribution is 6.06. The van der Waals surface area contributed by atoms with E-state index < -0.39 is 0 Å². The summed E-state index contributed by atoms with van der Waals surface area (Å²) in [6.45, 7) is 1.93. The molecule has 0 unspecified atom stereocenters. The number of anilines is 3. The van der Waals surface area contributed by atoms with Crippen molar-refractivity contribution >= 4 is 22.8 Å². The topological polar surface area (TPSA) is 44.8 Å². The quantitative estimate of drug-likeness (QED) is 0.810. The zero-order chi connectivity index (χ0) is 19.8. The highest BCUT2D eigenvalue weighted by Gasteiger charge is 2.29. The van der Waals surface area contributed by atoms with E-state index in [0.29, 0.717) is 6.42 Å². The third-order valence-corrected chi connectivity index (χ3v) is 5.92. The Morgan fingerprint density at radius 1 is 0.966 bits per heavy atom. The first-order chi connectivity index (χ1) is 14.2. The number of nitrogens with zero attached hydrogens (tertiary/aromatic N) is 2. The zero-order valence-electron chi connectivity index (χ0n) is 16.6. The van der Waals surface area contributed by atoms with Crippen LogP contribution in [0.4, 0.5) is 17.1 Å². The predicted octanol–water partition coefficient (Wildman–Crippen LogP) is 4.88. The average Bonchev–Trinajstić information content (AvgIpc) is 3.47. The van der Waals surface area contributed by atoms with Gasteiger partial charge < -0.3 is 19.9 Å². The number of benzene rings is 2. The fraction of sp³-hybridized carbons (Fsp3) is 0.292. The van der Waals surface area contributed by atoms with Crippen molar-refractivity contribution in [1.29, 1.82) is 0 Å². The van der Waals surface area contributed by atoms with E-state index >= 15 is 0 Å². The van der Waals surface area contributed by atoms with Crippen molar-refractivity contribution in [2.75, 3.05) is 35.3 Å². The largest absolute Gasteiger partial charge is 0.497 e. The van der Waals surface area contributed by atoms with E-state index in [4.69, 9.17) is 4.74 Å². The molecule has 5 heteroatoms. The Bertz CT molecular complexity index is 994. The fourth-order valence-corrected chi connectivity index (χ4v) is 4.34. The Hall–Kier alpha value is -3.21. The second kappa shape index (κ2) is 7.32. The van der Waals surface area contributed by atoms with Crippen molar-refractivity contribution in [3.05, 3.63) is 72.1 Å². The van der Waals surface area contributed by atoms with Crippen LogP contribution in [0.25, 0.3) is 0 Å². The van der Waals surface area contributed by atoms with Crippen LogP contribution in [0, 0.1) is 0 Å². The number of hydrogen-bond acceptors (Lipinski definition) is 5. The van der Waals surface area contributed by atoms with Gasteiger partial charge in [-0.15, -0.1) is 0 Å². The molecule has 3 aliphatic rings. The van der Waals surface area contributed by atoms with E-state index in [1.54, 1.807) is 7.11 Å². The van der Waals surface area contributed by atoms with Gasteiger partial charge in [0.05, 0.1) is 24.5 Å². The summed E-state index contributed by atoms with van der Waals surface area (Å²) in [5, 5.41) is 3.61. The van der Waals surface area contributed by atoms with Crippen LogP contribution in [0.1, 0.15) is 41.2 Å². The number of Topliss-reactive ketones (excluding diaryl/α,β-unsaturated/α-hetero) is 1. The third-order valence-electron chi connectivity index (χ3n) is 5.92. The average molecular weight is 387 g/mol. The fourth-order valence-electron chi connectivity index (χ4n) is 4.34. The first-order valence-corrected chi connectivity index (χ1v) is 10.2. The Balaban J connectivity index is 1.53. The minimum Gasteiger partial charge on any atom is -0.497 e. The number of carbonyl (C=O) groups excluding carboxylic acids is 1. The number of ketones is 1. The molecule has 148 valence electrons. The van der Waals surface area contributed by atoms with E-state index in [-0.39, 0.29) is 11.8 Å². The number of nitrogens with one attached hydrogen (secondary N) is 1. The van der Waals surface area contributed by atoms with Gasteiger partial charge in [0, 0.05) is 43.2 Å². The van der Waals surface area contributed by atoms with Gasteiger partial charge in [0.1, 0.15) is 5.75 Å². The summed E-state index contributed by atoms with van der Waals surface area (Å²) in [6, 6.07) is 12.2. The summed E-state index contributed by atoms with van der Waals surface area (Å²) in [6.07, 6.45) is 11.2. The van der Waals surface area contributed by atoms with Crippen molar-refractivity contribution in [2.24, 2.45) is 0 Å². The summed E-state index contributed by atoms with van der Waals surface area (Å²) in [7, 11) is 1.66.